The lowest BCUT2D eigenvalue weighted by Crippen LogP contribution is -2.11. The molecule has 5 nitrogen and oxygen atoms in total. The van der Waals surface area contributed by atoms with Crippen LogP contribution in [0.5, 0.6) is 0 Å². The molecule has 0 radical (unpaired) electrons. The second-order valence-electron chi connectivity index (χ2n) is 4.05. The van der Waals surface area contributed by atoms with Crippen LogP contribution in [0.25, 0.3) is 0 Å². The van der Waals surface area contributed by atoms with Crippen molar-refractivity contribution < 1.29 is 24.5 Å². The molecule has 0 spiro atoms. The lowest BCUT2D eigenvalue weighted by Gasteiger charge is -2.09. The highest BCUT2D eigenvalue weighted by molar-refractivity contribution is 5.76. The lowest BCUT2D eigenvalue weighted by atomic mass is 10.1. The number of aliphatic hydroxyl groups excluding tert-OH is 1. The number of hydrogen-bond donors (Lipinski definition) is 2. The van der Waals surface area contributed by atoms with Crippen LogP contribution in [0, 0.1) is 0 Å². The number of hydrogen-bond acceptors (Lipinski definition) is 4. The lowest BCUT2D eigenvalue weighted by molar-refractivity contribution is -0.147. The van der Waals surface area contributed by atoms with Crippen molar-refractivity contribution in [3.8, 4) is 0 Å². The Balaban J connectivity index is 3.38. The summed E-state index contributed by atoms with van der Waals surface area (Å²) in [6.45, 7) is 2.32. The predicted molar refractivity (Wildman–Crippen MR) is 62.6 cm³/mol. The van der Waals surface area contributed by atoms with Gasteiger partial charge in [0.1, 0.15) is 0 Å². The molecule has 0 bridgehead atoms. The fourth-order valence-corrected chi connectivity index (χ4v) is 1.37. The van der Waals surface area contributed by atoms with Gasteiger partial charge in [0.05, 0.1) is 25.6 Å². The number of aliphatic carboxylic acids is 1. The van der Waals surface area contributed by atoms with Crippen LogP contribution in [-0.2, 0) is 14.3 Å². The van der Waals surface area contributed by atoms with Gasteiger partial charge in [0.2, 0.25) is 0 Å². The summed E-state index contributed by atoms with van der Waals surface area (Å²) in [4.78, 5) is 21.2. The van der Waals surface area contributed by atoms with Crippen molar-refractivity contribution in [2.45, 2.75) is 58.0 Å². The van der Waals surface area contributed by atoms with Crippen LogP contribution < -0.4 is 0 Å². The van der Waals surface area contributed by atoms with Crippen molar-refractivity contribution in [1.29, 1.82) is 0 Å². The van der Waals surface area contributed by atoms with E-state index in [-0.39, 0.29) is 25.6 Å². The Kier molecular flexibility index (Phi) is 9.43. The third-order valence-electron chi connectivity index (χ3n) is 2.38. The van der Waals surface area contributed by atoms with Gasteiger partial charge in [-0.15, -0.1) is 0 Å². The minimum atomic E-state index is -1.00. The number of aliphatic hydroxyl groups is 1. The van der Waals surface area contributed by atoms with Crippen LogP contribution in [0.3, 0.4) is 0 Å². The number of unbranched alkanes of at least 4 members (excludes halogenated alkanes) is 1. The van der Waals surface area contributed by atoms with Gasteiger partial charge in [-0.3, -0.25) is 9.59 Å². The Bertz CT molecular complexity index is 227. The van der Waals surface area contributed by atoms with E-state index in [1.54, 1.807) is 0 Å². The fraction of sp³-hybridized carbons (Fsp3) is 0.833. The molecule has 0 saturated heterocycles. The third kappa shape index (κ3) is 11.2. The summed E-state index contributed by atoms with van der Waals surface area (Å²) in [6.07, 6.45) is 3.46. The summed E-state index contributed by atoms with van der Waals surface area (Å²) in [5.41, 5.74) is 0. The fourth-order valence-electron chi connectivity index (χ4n) is 1.37. The molecule has 0 aliphatic heterocycles. The molecular weight excluding hydrogens is 224 g/mol. The maximum atomic E-state index is 11.0. The first-order valence-electron chi connectivity index (χ1n) is 6.11. The number of carbonyl (C=O) groups excluding carboxylic acids is 1. The predicted octanol–water partition coefficient (Wildman–Crippen LogP) is 1.73. The van der Waals surface area contributed by atoms with Crippen LogP contribution in [0.1, 0.15) is 51.9 Å². The zero-order valence-corrected chi connectivity index (χ0v) is 10.4. The van der Waals surface area contributed by atoms with E-state index in [2.05, 4.69) is 6.92 Å². The minimum absolute atomic E-state index is 0.0896. The quantitative estimate of drug-likeness (QED) is 0.453. The van der Waals surface area contributed by atoms with Gasteiger partial charge in [0, 0.05) is 0 Å². The molecule has 0 fully saturated rings. The molecule has 0 rings (SSSR count). The Morgan fingerprint density at radius 3 is 2.41 bits per heavy atom. The van der Waals surface area contributed by atoms with Crippen LogP contribution >= 0.6 is 0 Å². The average molecular weight is 246 g/mol. The van der Waals surface area contributed by atoms with Crippen LogP contribution in [0.2, 0.25) is 0 Å². The summed E-state index contributed by atoms with van der Waals surface area (Å²) in [6, 6.07) is 0. The van der Waals surface area contributed by atoms with Gasteiger partial charge < -0.3 is 14.9 Å². The first kappa shape index (κ1) is 15.9. The molecule has 0 aliphatic carbocycles. The van der Waals surface area contributed by atoms with Gasteiger partial charge in [-0.25, -0.2) is 0 Å². The summed E-state index contributed by atoms with van der Waals surface area (Å²) < 4.78 is 4.83. The SMILES string of the molecule is CCCCC(O)CCCOC(=O)CCC(=O)O. The van der Waals surface area contributed by atoms with Gasteiger partial charge in [-0.05, 0) is 19.3 Å². The number of rotatable bonds is 10. The molecule has 0 amide bonds. The van der Waals surface area contributed by atoms with E-state index in [0.717, 1.165) is 19.3 Å². The standard InChI is InChI=1S/C12H22O5/c1-2-3-5-10(13)6-4-9-17-12(16)8-7-11(14)15/h10,13H,2-9H2,1H3,(H,14,15). The Morgan fingerprint density at radius 2 is 1.82 bits per heavy atom. The molecule has 17 heavy (non-hydrogen) atoms. The monoisotopic (exact) mass is 246 g/mol. The summed E-state index contributed by atoms with van der Waals surface area (Å²) >= 11 is 0. The second-order valence-corrected chi connectivity index (χ2v) is 4.05. The smallest absolute Gasteiger partial charge is 0.306 e. The Morgan fingerprint density at radius 1 is 1.18 bits per heavy atom. The van der Waals surface area contributed by atoms with Crippen molar-refractivity contribution in [1.82, 2.24) is 0 Å². The molecule has 0 aromatic rings. The molecule has 5 heteroatoms. The highest BCUT2D eigenvalue weighted by atomic mass is 16.5. The maximum absolute atomic E-state index is 11.0. The topological polar surface area (TPSA) is 83.8 Å². The summed E-state index contributed by atoms with van der Waals surface area (Å²) in [7, 11) is 0. The first-order valence-corrected chi connectivity index (χ1v) is 6.11. The van der Waals surface area contributed by atoms with Crippen molar-refractivity contribution in [2.75, 3.05) is 6.61 Å². The van der Waals surface area contributed by atoms with E-state index in [1.807, 2.05) is 0 Å². The molecule has 0 aliphatic rings. The summed E-state index contributed by atoms with van der Waals surface area (Å²) in [5.74, 6) is -1.49. The van der Waals surface area contributed by atoms with Crippen LogP contribution in [-0.4, -0.2) is 34.9 Å². The molecule has 0 saturated carbocycles. The van der Waals surface area contributed by atoms with E-state index in [9.17, 15) is 14.7 Å². The largest absolute Gasteiger partial charge is 0.481 e. The van der Waals surface area contributed by atoms with Crippen LogP contribution in [0.4, 0.5) is 0 Å². The van der Waals surface area contributed by atoms with E-state index in [0.29, 0.717) is 12.8 Å². The first-order chi connectivity index (χ1) is 8.06. The van der Waals surface area contributed by atoms with E-state index in [4.69, 9.17) is 9.84 Å². The van der Waals surface area contributed by atoms with E-state index < -0.39 is 11.9 Å². The Hall–Kier alpha value is -1.10. The molecule has 2 N–H and O–H groups in total. The zero-order chi connectivity index (χ0) is 13.1. The third-order valence-corrected chi connectivity index (χ3v) is 2.38. The highest BCUT2D eigenvalue weighted by Crippen LogP contribution is 2.06. The number of esters is 1. The molecule has 0 heterocycles. The number of ether oxygens (including phenoxy) is 1. The second kappa shape index (κ2) is 10.1. The highest BCUT2D eigenvalue weighted by Gasteiger charge is 2.07. The van der Waals surface area contributed by atoms with Crippen molar-refractivity contribution in [2.24, 2.45) is 0 Å². The van der Waals surface area contributed by atoms with E-state index in [1.165, 1.54) is 0 Å². The number of carbonyl (C=O) groups is 2. The van der Waals surface area contributed by atoms with Gasteiger partial charge in [-0.2, -0.15) is 0 Å². The maximum Gasteiger partial charge on any atom is 0.306 e. The molecule has 1 unspecified atom stereocenters. The molecule has 1 atom stereocenters. The average Bonchev–Trinajstić information content (AvgIpc) is 2.29. The van der Waals surface area contributed by atoms with Crippen molar-refractivity contribution in [3.63, 3.8) is 0 Å². The minimum Gasteiger partial charge on any atom is -0.481 e. The van der Waals surface area contributed by atoms with E-state index >= 15 is 0 Å². The van der Waals surface area contributed by atoms with Crippen molar-refractivity contribution in [3.05, 3.63) is 0 Å². The van der Waals surface area contributed by atoms with Gasteiger partial charge >= 0.3 is 11.9 Å². The Labute approximate surface area is 102 Å². The van der Waals surface area contributed by atoms with Gasteiger partial charge in [0.15, 0.2) is 0 Å². The number of carboxylic acids is 1. The normalized spacial score (nSPS) is 12.1. The zero-order valence-electron chi connectivity index (χ0n) is 10.4. The van der Waals surface area contributed by atoms with Crippen molar-refractivity contribution >= 4 is 11.9 Å². The molecule has 0 aromatic heterocycles. The van der Waals surface area contributed by atoms with Gasteiger partial charge in [0.25, 0.3) is 0 Å². The molecule has 100 valence electrons. The summed E-state index contributed by atoms with van der Waals surface area (Å²) in [5, 5.41) is 17.9. The molecule has 0 aromatic carbocycles. The van der Waals surface area contributed by atoms with Gasteiger partial charge in [-0.1, -0.05) is 19.8 Å². The molecular formula is C12H22O5. The number of carboxylic acid groups (broad SMARTS) is 1. The van der Waals surface area contributed by atoms with Crippen LogP contribution in [0.15, 0.2) is 0 Å².